The fourth-order valence-corrected chi connectivity index (χ4v) is 6.99. The summed E-state index contributed by atoms with van der Waals surface area (Å²) in [5.74, 6) is 0. The summed E-state index contributed by atoms with van der Waals surface area (Å²) < 4.78 is 129. The van der Waals surface area contributed by atoms with Gasteiger partial charge in [-0.2, -0.15) is 0 Å². The molecule has 10 aromatic rings. The Morgan fingerprint density at radius 2 is 0.980 bits per heavy atom. The van der Waals surface area contributed by atoms with Gasteiger partial charge in [-0.1, -0.05) is 163 Å². The van der Waals surface area contributed by atoms with E-state index in [0.29, 0.717) is 32.7 Å². The van der Waals surface area contributed by atoms with E-state index >= 15 is 0 Å². The lowest BCUT2D eigenvalue weighted by molar-refractivity contribution is 0.673. The standard InChI is InChI=1S/C48H30O/c1-3-12-31(13-4-1)33-22-24-35(25-23-33)45-38-18-9-10-19-39(38)46(40-28-27-36(30-43(40)45)32-14-5-2-6-15-32)41-20-11-21-44-47(41)42-29-26-34-16-7-8-17-37(34)48(42)49-44/h1-30H/i1D,2D,3D,4D,5D,6D,12D,13D,14D,15D,22D,23D,24D,25D. The van der Waals surface area contributed by atoms with Crippen LogP contribution >= 0.6 is 0 Å². The summed E-state index contributed by atoms with van der Waals surface area (Å²) in [6.45, 7) is 0. The van der Waals surface area contributed by atoms with Crippen LogP contribution in [0.25, 0.3) is 98.8 Å². The van der Waals surface area contributed by atoms with E-state index in [0.717, 1.165) is 32.7 Å². The summed E-state index contributed by atoms with van der Waals surface area (Å²) >= 11 is 0. The third-order valence-corrected chi connectivity index (χ3v) is 9.09. The zero-order chi connectivity index (χ0) is 44.5. The first-order chi connectivity index (χ1) is 30.1. The van der Waals surface area contributed by atoms with Crippen LogP contribution in [0.5, 0.6) is 0 Å². The van der Waals surface area contributed by atoms with E-state index in [1.54, 1.807) is 30.3 Å². The van der Waals surface area contributed by atoms with Gasteiger partial charge in [0.15, 0.2) is 0 Å². The molecule has 0 atom stereocenters. The zero-order valence-electron chi connectivity index (χ0n) is 39.6. The Morgan fingerprint density at radius 3 is 1.73 bits per heavy atom. The van der Waals surface area contributed by atoms with Crippen molar-refractivity contribution in [3.05, 3.63) is 182 Å². The third kappa shape index (κ3) is 4.40. The quantitative estimate of drug-likeness (QED) is 0.175. The average Bonchev–Trinajstić information content (AvgIpc) is 3.69. The molecule has 1 heteroatoms. The number of hydrogen-bond donors (Lipinski definition) is 0. The van der Waals surface area contributed by atoms with Crippen LogP contribution in [0, 0.1) is 0 Å². The van der Waals surface area contributed by atoms with Gasteiger partial charge in [-0.25, -0.2) is 0 Å². The van der Waals surface area contributed by atoms with E-state index in [-0.39, 0.29) is 22.3 Å². The lowest BCUT2D eigenvalue weighted by Gasteiger charge is -2.19. The van der Waals surface area contributed by atoms with Crippen molar-refractivity contribution in [2.45, 2.75) is 0 Å². The Bertz CT molecular complexity index is 3600. The second-order valence-electron chi connectivity index (χ2n) is 11.8. The van der Waals surface area contributed by atoms with Crippen molar-refractivity contribution >= 4 is 54.3 Å². The molecule has 0 amide bonds. The molecular formula is C48H30O. The molecule has 0 N–H and O–H groups in total. The van der Waals surface area contributed by atoms with Gasteiger partial charge in [0.1, 0.15) is 11.2 Å². The third-order valence-electron chi connectivity index (χ3n) is 9.09. The number of hydrogen-bond acceptors (Lipinski definition) is 1. The average molecular weight is 637 g/mol. The Balaban J connectivity index is 1.38. The first kappa shape index (κ1) is 17.1. The Labute approximate surface area is 304 Å². The maximum atomic E-state index is 9.54. The summed E-state index contributed by atoms with van der Waals surface area (Å²) in [4.78, 5) is 0. The molecule has 1 heterocycles. The molecule has 0 saturated carbocycles. The van der Waals surface area contributed by atoms with E-state index in [4.69, 9.17) is 18.1 Å². The fraction of sp³-hybridized carbons (Fsp3) is 0. The van der Waals surface area contributed by atoms with Gasteiger partial charge in [0.25, 0.3) is 0 Å². The molecule has 0 spiro atoms. The van der Waals surface area contributed by atoms with Crippen molar-refractivity contribution in [1.29, 1.82) is 0 Å². The molecule has 0 unspecified atom stereocenters. The molecule has 10 rings (SSSR count). The Kier molecular flexibility index (Phi) is 3.87. The van der Waals surface area contributed by atoms with Crippen molar-refractivity contribution in [3.63, 3.8) is 0 Å². The molecule has 0 aliphatic rings. The van der Waals surface area contributed by atoms with Crippen molar-refractivity contribution in [2.75, 3.05) is 0 Å². The molecule has 1 nitrogen and oxygen atoms in total. The molecule has 0 saturated heterocycles. The van der Waals surface area contributed by atoms with Gasteiger partial charge in [-0.05, 0) is 89.6 Å². The van der Waals surface area contributed by atoms with Crippen molar-refractivity contribution in [2.24, 2.45) is 0 Å². The van der Waals surface area contributed by atoms with Crippen LogP contribution in [-0.2, 0) is 0 Å². The van der Waals surface area contributed by atoms with Crippen molar-refractivity contribution < 1.29 is 23.6 Å². The van der Waals surface area contributed by atoms with Crippen LogP contribution in [0.1, 0.15) is 19.2 Å². The molecular weight excluding hydrogens is 593 g/mol. The summed E-state index contributed by atoms with van der Waals surface area (Å²) in [6, 6.07) is 21.9. The highest BCUT2D eigenvalue weighted by molar-refractivity contribution is 6.27. The minimum absolute atomic E-state index is 0.0746. The van der Waals surface area contributed by atoms with Gasteiger partial charge in [0.2, 0.25) is 0 Å². The van der Waals surface area contributed by atoms with Crippen LogP contribution in [0.2, 0.25) is 0 Å². The van der Waals surface area contributed by atoms with E-state index in [1.165, 1.54) is 0 Å². The molecule has 1 aromatic heterocycles. The first-order valence-electron chi connectivity index (χ1n) is 22.7. The lowest BCUT2D eigenvalue weighted by atomic mass is 9.83. The van der Waals surface area contributed by atoms with Crippen LogP contribution in [0.3, 0.4) is 0 Å². The highest BCUT2D eigenvalue weighted by atomic mass is 16.3. The van der Waals surface area contributed by atoms with Crippen molar-refractivity contribution in [3.8, 4) is 44.5 Å². The molecule has 0 bridgehead atoms. The maximum absolute atomic E-state index is 9.54. The molecule has 0 radical (unpaired) electrons. The molecule has 9 aromatic carbocycles. The summed E-state index contributed by atoms with van der Waals surface area (Å²) in [5, 5.41) is 5.74. The number of furan rings is 1. The lowest BCUT2D eigenvalue weighted by Crippen LogP contribution is -1.92. The normalized spacial score (nSPS) is 15.7. The van der Waals surface area contributed by atoms with Gasteiger partial charge in [0.05, 0.1) is 19.2 Å². The SMILES string of the molecule is [2H]c1c([2H])c([2H])c(-c2ccc3c(-c4cccc5oc6c7ccccc7ccc6c45)c4ccccc4c(-c4c([2H])c([2H])c(-c5c([2H])c([2H])c([2H])c([2H])c5[2H])c([2H])c4[2H])c3c2)c([2H])c1[2H]. The Hall–Kier alpha value is -6.44. The minimum atomic E-state index is -0.687. The largest absolute Gasteiger partial charge is 0.455 e. The molecule has 228 valence electrons. The topological polar surface area (TPSA) is 13.1 Å². The second kappa shape index (κ2) is 11.1. The van der Waals surface area contributed by atoms with Gasteiger partial charge >= 0.3 is 0 Å². The van der Waals surface area contributed by atoms with Gasteiger partial charge in [-0.3, -0.25) is 0 Å². The van der Waals surface area contributed by atoms with Crippen LogP contribution in [-0.4, -0.2) is 0 Å². The monoisotopic (exact) mass is 636 g/mol. The molecule has 0 fully saturated rings. The smallest absolute Gasteiger partial charge is 0.143 e. The minimum Gasteiger partial charge on any atom is -0.455 e. The highest BCUT2D eigenvalue weighted by Gasteiger charge is 2.21. The van der Waals surface area contributed by atoms with Crippen LogP contribution in [0.15, 0.2) is 186 Å². The van der Waals surface area contributed by atoms with Gasteiger partial charge < -0.3 is 4.42 Å². The van der Waals surface area contributed by atoms with Crippen LogP contribution < -0.4 is 0 Å². The summed E-state index contributed by atoms with van der Waals surface area (Å²) in [7, 11) is 0. The van der Waals surface area contributed by atoms with E-state index in [1.807, 2.05) is 66.7 Å². The Morgan fingerprint density at radius 1 is 0.388 bits per heavy atom. The number of benzene rings is 9. The summed E-state index contributed by atoms with van der Waals surface area (Å²) in [5.41, 5.74) is 2.18. The first-order valence-corrected chi connectivity index (χ1v) is 15.7. The number of fused-ring (bicyclic) bond motifs is 7. The molecule has 49 heavy (non-hydrogen) atoms. The number of rotatable bonds is 4. The van der Waals surface area contributed by atoms with E-state index in [2.05, 4.69) is 0 Å². The predicted octanol–water partition coefficient (Wildman–Crippen LogP) is 13.7. The highest BCUT2D eigenvalue weighted by Crippen LogP contribution is 2.48. The molecule has 0 aliphatic carbocycles. The summed E-state index contributed by atoms with van der Waals surface area (Å²) in [6.07, 6.45) is 0. The molecule has 0 aliphatic heterocycles. The predicted molar refractivity (Wildman–Crippen MR) is 208 cm³/mol. The second-order valence-corrected chi connectivity index (χ2v) is 11.8. The van der Waals surface area contributed by atoms with Crippen molar-refractivity contribution in [1.82, 2.24) is 0 Å². The fourth-order valence-electron chi connectivity index (χ4n) is 6.99. The van der Waals surface area contributed by atoms with Gasteiger partial charge in [-0.15, -0.1) is 0 Å². The van der Waals surface area contributed by atoms with E-state index < -0.39 is 95.7 Å². The van der Waals surface area contributed by atoms with Gasteiger partial charge in [0, 0.05) is 16.2 Å². The zero-order valence-corrected chi connectivity index (χ0v) is 25.6. The maximum Gasteiger partial charge on any atom is 0.143 e. The van der Waals surface area contributed by atoms with Crippen LogP contribution in [0.4, 0.5) is 0 Å². The van der Waals surface area contributed by atoms with E-state index in [9.17, 15) is 5.48 Å².